The van der Waals surface area contributed by atoms with Crippen LogP contribution in [0.15, 0.2) is 35.1 Å². The first kappa shape index (κ1) is 17.2. The molecule has 0 atom stereocenters. The molecule has 0 radical (unpaired) electrons. The number of amides is 1. The number of hydrogen-bond donors (Lipinski definition) is 2. The van der Waals surface area contributed by atoms with Gasteiger partial charge in [0.15, 0.2) is 0 Å². The number of carboxylic acid groups (broad SMARTS) is 1. The van der Waals surface area contributed by atoms with Gasteiger partial charge >= 0.3 is 5.97 Å². The monoisotopic (exact) mass is 344 g/mol. The Morgan fingerprint density at radius 1 is 1.24 bits per heavy atom. The van der Waals surface area contributed by atoms with E-state index in [1.165, 1.54) is 4.90 Å². The highest BCUT2D eigenvalue weighted by Crippen LogP contribution is 2.16. The first-order chi connectivity index (χ1) is 12.0. The summed E-state index contributed by atoms with van der Waals surface area (Å²) < 4.78 is 5.28. The highest BCUT2D eigenvalue weighted by atomic mass is 16.5. The van der Waals surface area contributed by atoms with Gasteiger partial charge in [-0.1, -0.05) is 18.2 Å². The Labute approximate surface area is 144 Å². The molecule has 25 heavy (non-hydrogen) atoms. The van der Waals surface area contributed by atoms with Crippen LogP contribution in [0.25, 0.3) is 10.9 Å². The van der Waals surface area contributed by atoms with Gasteiger partial charge in [-0.3, -0.25) is 14.4 Å². The summed E-state index contributed by atoms with van der Waals surface area (Å²) in [5, 5.41) is 9.97. The lowest BCUT2D eigenvalue weighted by molar-refractivity contribution is -0.147. The Morgan fingerprint density at radius 3 is 2.68 bits per heavy atom. The van der Waals surface area contributed by atoms with Crippen molar-refractivity contribution in [2.75, 3.05) is 19.8 Å². The zero-order chi connectivity index (χ0) is 17.8. The van der Waals surface area contributed by atoms with Gasteiger partial charge in [0.05, 0.1) is 6.42 Å². The molecule has 2 N–H and O–H groups in total. The predicted octanol–water partition coefficient (Wildman–Crippen LogP) is 1.16. The zero-order valence-corrected chi connectivity index (χ0v) is 13.7. The van der Waals surface area contributed by atoms with Gasteiger partial charge in [-0.2, -0.15) is 0 Å². The molecular formula is C18H20N2O5. The third kappa shape index (κ3) is 4.06. The van der Waals surface area contributed by atoms with E-state index in [0.717, 1.165) is 5.39 Å². The van der Waals surface area contributed by atoms with Crippen molar-refractivity contribution in [2.45, 2.75) is 25.3 Å². The molecule has 3 rings (SSSR count). The fraction of sp³-hybridized carbons (Fsp3) is 0.389. The third-order valence-electron chi connectivity index (χ3n) is 4.43. The van der Waals surface area contributed by atoms with Crippen LogP contribution >= 0.6 is 0 Å². The lowest BCUT2D eigenvalue weighted by Crippen LogP contribution is -2.47. The van der Waals surface area contributed by atoms with Crippen LogP contribution in [0, 0.1) is 0 Å². The zero-order valence-electron chi connectivity index (χ0n) is 13.7. The maximum Gasteiger partial charge on any atom is 0.323 e. The number of carbonyl (C=O) groups is 2. The van der Waals surface area contributed by atoms with Crippen LogP contribution in [0.5, 0.6) is 0 Å². The molecule has 1 amide bonds. The summed E-state index contributed by atoms with van der Waals surface area (Å²) in [6.45, 7) is 0.643. The molecule has 1 aromatic carbocycles. The van der Waals surface area contributed by atoms with E-state index in [0.29, 0.717) is 37.1 Å². The van der Waals surface area contributed by atoms with Crippen LogP contribution in [0.2, 0.25) is 0 Å². The topological polar surface area (TPSA) is 99.7 Å². The normalized spacial score (nSPS) is 15.2. The Morgan fingerprint density at radius 2 is 1.96 bits per heavy atom. The molecule has 0 saturated carbocycles. The lowest BCUT2D eigenvalue weighted by Gasteiger charge is -2.33. The number of benzene rings is 1. The van der Waals surface area contributed by atoms with Crippen molar-refractivity contribution >= 4 is 22.8 Å². The van der Waals surface area contributed by atoms with E-state index < -0.39 is 5.97 Å². The fourth-order valence-electron chi connectivity index (χ4n) is 3.15. The number of hydrogen-bond acceptors (Lipinski definition) is 4. The van der Waals surface area contributed by atoms with Gasteiger partial charge in [-0.05, 0) is 30.4 Å². The number of aliphatic carboxylic acids is 1. The summed E-state index contributed by atoms with van der Waals surface area (Å²) >= 11 is 0. The molecule has 1 aliphatic rings. The highest BCUT2D eigenvalue weighted by molar-refractivity contribution is 5.85. The van der Waals surface area contributed by atoms with Crippen LogP contribution in [0.1, 0.15) is 18.4 Å². The number of aromatic amines is 1. The van der Waals surface area contributed by atoms with E-state index in [4.69, 9.17) is 9.84 Å². The molecule has 1 saturated heterocycles. The van der Waals surface area contributed by atoms with Crippen LogP contribution in [-0.2, 0) is 20.7 Å². The number of rotatable bonds is 5. The van der Waals surface area contributed by atoms with Gasteiger partial charge in [-0.25, -0.2) is 0 Å². The van der Waals surface area contributed by atoms with E-state index >= 15 is 0 Å². The maximum atomic E-state index is 12.7. The highest BCUT2D eigenvalue weighted by Gasteiger charge is 2.28. The van der Waals surface area contributed by atoms with Gasteiger partial charge < -0.3 is 19.7 Å². The second-order valence-electron chi connectivity index (χ2n) is 6.15. The number of carbonyl (C=O) groups excluding carboxylic acids is 1. The Bertz CT molecular complexity index is 839. The van der Waals surface area contributed by atoms with Crippen LogP contribution < -0.4 is 5.56 Å². The summed E-state index contributed by atoms with van der Waals surface area (Å²) in [6.07, 6.45) is 1.09. The first-order valence-electron chi connectivity index (χ1n) is 8.24. The van der Waals surface area contributed by atoms with Crippen molar-refractivity contribution in [1.29, 1.82) is 0 Å². The van der Waals surface area contributed by atoms with Gasteiger partial charge in [0.2, 0.25) is 5.91 Å². The molecule has 1 aliphatic heterocycles. The summed E-state index contributed by atoms with van der Waals surface area (Å²) in [6, 6.07) is 8.84. The van der Waals surface area contributed by atoms with Gasteiger partial charge in [0.1, 0.15) is 6.54 Å². The van der Waals surface area contributed by atoms with Crippen LogP contribution in [0.3, 0.4) is 0 Å². The molecule has 7 heteroatoms. The van der Waals surface area contributed by atoms with Crippen molar-refractivity contribution < 1.29 is 19.4 Å². The standard InChI is InChI=1S/C18H20N2O5/c21-16(20(11-17(22)23)14-5-7-25-8-6-14)10-13-9-12-3-1-2-4-15(12)19-18(13)24/h1-4,9,14H,5-8,10-11H2,(H,19,24)(H,22,23). The van der Waals surface area contributed by atoms with Crippen molar-refractivity contribution in [3.63, 3.8) is 0 Å². The second-order valence-corrected chi connectivity index (χ2v) is 6.15. The number of para-hydroxylation sites is 1. The van der Waals surface area contributed by atoms with E-state index in [2.05, 4.69) is 4.98 Å². The molecule has 0 unspecified atom stereocenters. The molecule has 1 aromatic heterocycles. The number of nitrogens with one attached hydrogen (secondary N) is 1. The number of fused-ring (bicyclic) bond motifs is 1. The van der Waals surface area contributed by atoms with Gasteiger partial charge in [-0.15, -0.1) is 0 Å². The summed E-state index contributed by atoms with van der Waals surface area (Å²) in [7, 11) is 0. The van der Waals surface area contributed by atoms with Gasteiger partial charge in [0, 0.05) is 30.3 Å². The Kier molecular flexibility index (Phi) is 5.14. The van der Waals surface area contributed by atoms with E-state index in [-0.39, 0.29) is 30.5 Å². The average Bonchev–Trinajstić information content (AvgIpc) is 2.61. The number of carboxylic acids is 1. The largest absolute Gasteiger partial charge is 0.480 e. The fourth-order valence-corrected chi connectivity index (χ4v) is 3.15. The van der Waals surface area contributed by atoms with Crippen LogP contribution in [-0.4, -0.2) is 52.7 Å². The lowest BCUT2D eigenvalue weighted by atomic mass is 10.0. The summed E-state index contributed by atoms with van der Waals surface area (Å²) in [5.74, 6) is -1.41. The molecule has 7 nitrogen and oxygen atoms in total. The summed E-state index contributed by atoms with van der Waals surface area (Å²) in [4.78, 5) is 40.2. The second kappa shape index (κ2) is 7.48. The van der Waals surface area contributed by atoms with Crippen molar-refractivity contribution in [3.8, 4) is 0 Å². The number of nitrogens with zero attached hydrogens (tertiary/aromatic N) is 1. The maximum absolute atomic E-state index is 12.7. The summed E-state index contributed by atoms with van der Waals surface area (Å²) in [5.41, 5.74) is 0.718. The molecule has 0 bridgehead atoms. The number of H-pyrrole nitrogens is 1. The molecule has 0 spiro atoms. The Balaban J connectivity index is 1.83. The molecule has 0 aliphatic carbocycles. The number of pyridine rings is 1. The third-order valence-corrected chi connectivity index (χ3v) is 4.43. The van der Waals surface area contributed by atoms with Crippen LogP contribution in [0.4, 0.5) is 0 Å². The minimum absolute atomic E-state index is 0.120. The molecule has 2 aromatic rings. The van der Waals surface area contributed by atoms with E-state index in [1.807, 2.05) is 18.2 Å². The average molecular weight is 344 g/mol. The van der Waals surface area contributed by atoms with Gasteiger partial charge in [0.25, 0.3) is 5.56 Å². The van der Waals surface area contributed by atoms with E-state index in [9.17, 15) is 14.4 Å². The molecule has 132 valence electrons. The minimum Gasteiger partial charge on any atom is -0.480 e. The van der Waals surface area contributed by atoms with E-state index in [1.54, 1.807) is 12.1 Å². The quantitative estimate of drug-likeness (QED) is 0.848. The first-order valence-corrected chi connectivity index (χ1v) is 8.24. The minimum atomic E-state index is -1.06. The number of aromatic nitrogens is 1. The smallest absolute Gasteiger partial charge is 0.323 e. The van der Waals surface area contributed by atoms with Crippen molar-refractivity contribution in [2.24, 2.45) is 0 Å². The molecular weight excluding hydrogens is 324 g/mol. The number of ether oxygens (including phenoxy) is 1. The Hall–Kier alpha value is -2.67. The molecule has 2 heterocycles. The van der Waals surface area contributed by atoms with Crippen molar-refractivity contribution in [3.05, 3.63) is 46.2 Å². The molecule has 1 fully saturated rings. The predicted molar refractivity (Wildman–Crippen MR) is 91.5 cm³/mol. The van der Waals surface area contributed by atoms with Crippen molar-refractivity contribution in [1.82, 2.24) is 9.88 Å². The SMILES string of the molecule is O=C(O)CN(C(=O)Cc1cc2ccccc2[nH]c1=O)C1CCOCC1.